The number of carbonyl (C=O) groups excluding carboxylic acids is 3. The van der Waals surface area contributed by atoms with Crippen molar-refractivity contribution in [1.29, 1.82) is 0 Å². The van der Waals surface area contributed by atoms with Crippen LogP contribution in [0.5, 0.6) is 0 Å². The molecule has 1 aliphatic rings. The molecule has 2 atom stereocenters. The van der Waals surface area contributed by atoms with Crippen LogP contribution in [0, 0.1) is 28.3 Å². The predicted octanol–water partition coefficient (Wildman–Crippen LogP) is 6.54. The van der Waals surface area contributed by atoms with Crippen molar-refractivity contribution in [3.63, 3.8) is 0 Å². The Bertz CT molecular complexity index is 983. The second kappa shape index (κ2) is 13.0. The van der Waals surface area contributed by atoms with Crippen molar-refractivity contribution in [3.8, 4) is 22.9 Å². The third-order valence-corrected chi connectivity index (χ3v) is 7.55. The lowest BCUT2D eigenvalue weighted by Gasteiger charge is -2.37. The first-order chi connectivity index (χ1) is 17.4. The van der Waals surface area contributed by atoms with E-state index in [0.717, 1.165) is 0 Å². The molecule has 0 spiro atoms. The first-order valence-electron chi connectivity index (χ1n) is 13.9. The van der Waals surface area contributed by atoms with Crippen LogP contribution in [0.2, 0.25) is 39.3 Å². The molecular formula is C30H51NO6Si2. The average molecular weight is 578 g/mol. The van der Waals surface area contributed by atoms with E-state index in [4.69, 9.17) is 14.2 Å². The Hall–Kier alpha value is -2.24. The zero-order chi connectivity index (χ0) is 30.4. The van der Waals surface area contributed by atoms with Gasteiger partial charge >= 0.3 is 18.0 Å². The molecule has 1 unspecified atom stereocenters. The smallest absolute Gasteiger partial charge is 0.413 e. The number of amides is 1. The average Bonchev–Trinajstić information content (AvgIpc) is 2.99. The first-order valence-corrected chi connectivity index (χ1v) is 20.9. The second-order valence-electron chi connectivity index (χ2n) is 14.6. The number of rotatable bonds is 6. The maximum atomic E-state index is 13.6. The Balaban J connectivity index is 3.69. The molecule has 0 radical (unpaired) electrons. The fourth-order valence-electron chi connectivity index (χ4n) is 4.34. The third-order valence-electron chi connectivity index (χ3n) is 5.70. The summed E-state index contributed by atoms with van der Waals surface area (Å²) >= 11 is 0. The molecule has 39 heavy (non-hydrogen) atoms. The monoisotopic (exact) mass is 577 g/mol. The van der Waals surface area contributed by atoms with Gasteiger partial charge in [-0.2, -0.15) is 0 Å². The molecule has 1 saturated heterocycles. The highest BCUT2D eigenvalue weighted by atomic mass is 28.3. The quantitative estimate of drug-likeness (QED) is 0.154. The minimum Gasteiger partial charge on any atom is -0.458 e. The number of esters is 2. The fraction of sp³-hybridized carbons (Fsp3) is 0.767. The minimum atomic E-state index is -1.59. The van der Waals surface area contributed by atoms with Crippen LogP contribution in [0.3, 0.4) is 0 Å². The van der Waals surface area contributed by atoms with Crippen LogP contribution in [0.4, 0.5) is 4.79 Å². The minimum absolute atomic E-state index is 0.266. The van der Waals surface area contributed by atoms with Crippen LogP contribution in [0.25, 0.3) is 0 Å². The van der Waals surface area contributed by atoms with Gasteiger partial charge in [0.25, 0.3) is 0 Å². The number of hydrogen-bond acceptors (Lipinski definition) is 6. The van der Waals surface area contributed by atoms with Gasteiger partial charge in [-0.15, -0.1) is 22.9 Å². The van der Waals surface area contributed by atoms with Crippen molar-refractivity contribution in [2.24, 2.45) is 5.41 Å². The van der Waals surface area contributed by atoms with E-state index in [1.807, 2.05) is 0 Å². The molecule has 0 bridgehead atoms. The summed E-state index contributed by atoms with van der Waals surface area (Å²) in [6.07, 6.45) is 0.713. The summed E-state index contributed by atoms with van der Waals surface area (Å²) in [4.78, 5) is 40.8. The highest BCUT2D eigenvalue weighted by Crippen LogP contribution is 2.49. The molecule has 7 nitrogen and oxygen atoms in total. The molecule has 0 aromatic rings. The Morgan fingerprint density at radius 3 is 1.62 bits per heavy atom. The highest BCUT2D eigenvalue weighted by molar-refractivity contribution is 6.84. The number of hydrogen-bond donors (Lipinski definition) is 0. The van der Waals surface area contributed by atoms with Crippen molar-refractivity contribution in [2.45, 2.75) is 143 Å². The molecular weight excluding hydrogens is 527 g/mol. The van der Waals surface area contributed by atoms with Crippen molar-refractivity contribution in [1.82, 2.24) is 4.90 Å². The SMILES string of the molecule is CC(=O)OC1N(C(=O)OC(C)(C)C)[C@H](C(=O)OC(C)(C)C)CC1(CCC#C[Si](C)(C)C)CCC#C[Si](C)(C)C. The topological polar surface area (TPSA) is 82.1 Å². The first kappa shape index (κ1) is 34.8. The van der Waals surface area contributed by atoms with Crippen molar-refractivity contribution in [3.05, 3.63) is 0 Å². The lowest BCUT2D eigenvalue weighted by molar-refractivity contribution is -0.171. The Labute approximate surface area is 239 Å². The molecule has 0 saturated carbocycles. The Morgan fingerprint density at radius 1 is 0.821 bits per heavy atom. The molecule has 0 aromatic heterocycles. The fourth-order valence-corrected chi connectivity index (χ4v) is 5.65. The van der Waals surface area contributed by atoms with Gasteiger partial charge in [-0.3, -0.25) is 9.69 Å². The number of nitrogens with zero attached hydrogens (tertiary/aromatic N) is 1. The van der Waals surface area contributed by atoms with E-state index in [2.05, 4.69) is 62.2 Å². The summed E-state index contributed by atoms with van der Waals surface area (Å²) in [6.45, 7) is 25.0. The van der Waals surface area contributed by atoms with Gasteiger partial charge in [0.1, 0.15) is 33.4 Å². The van der Waals surface area contributed by atoms with Gasteiger partial charge in [-0.1, -0.05) is 39.3 Å². The van der Waals surface area contributed by atoms with E-state index < -0.39 is 63.1 Å². The van der Waals surface area contributed by atoms with Crippen molar-refractivity contribution in [2.75, 3.05) is 0 Å². The molecule has 220 valence electrons. The largest absolute Gasteiger partial charge is 0.458 e. The number of carbonyl (C=O) groups is 3. The molecule has 1 amide bonds. The zero-order valence-electron chi connectivity index (χ0n) is 26.6. The standard InChI is InChI=1S/C30H51NO6Si2/c1-23(32)35-26-30(18-14-16-20-38(8,9)10,19-15-17-21-39(11,12)13)22-24(25(33)36-28(2,3)4)31(26)27(34)37-29(5,6)7/h24,26H,14-15,18-19,22H2,1-13H3/t24-,26?/m0/s1. The van der Waals surface area contributed by atoms with Crippen LogP contribution in [0.1, 0.15) is 80.6 Å². The summed E-state index contributed by atoms with van der Waals surface area (Å²) in [5.74, 6) is 5.56. The Kier molecular flexibility index (Phi) is 11.6. The van der Waals surface area contributed by atoms with Crippen LogP contribution in [-0.2, 0) is 23.8 Å². The molecule has 9 heteroatoms. The van der Waals surface area contributed by atoms with Crippen LogP contribution in [0.15, 0.2) is 0 Å². The van der Waals surface area contributed by atoms with E-state index in [1.165, 1.54) is 11.8 Å². The summed E-state index contributed by atoms with van der Waals surface area (Å²) < 4.78 is 17.3. The van der Waals surface area contributed by atoms with Crippen LogP contribution in [-0.4, -0.2) is 62.6 Å². The molecule has 1 rings (SSSR count). The maximum Gasteiger partial charge on any atom is 0.413 e. The van der Waals surface area contributed by atoms with E-state index in [0.29, 0.717) is 25.7 Å². The van der Waals surface area contributed by atoms with Crippen LogP contribution < -0.4 is 0 Å². The van der Waals surface area contributed by atoms with Crippen molar-refractivity contribution < 1.29 is 28.6 Å². The summed E-state index contributed by atoms with van der Waals surface area (Å²) in [6, 6.07) is -0.974. The molecule has 1 fully saturated rings. The molecule has 0 aliphatic carbocycles. The zero-order valence-corrected chi connectivity index (χ0v) is 28.6. The van der Waals surface area contributed by atoms with E-state index in [1.54, 1.807) is 41.5 Å². The molecule has 0 aromatic carbocycles. The van der Waals surface area contributed by atoms with E-state index >= 15 is 0 Å². The maximum absolute atomic E-state index is 13.6. The number of ether oxygens (including phenoxy) is 3. The summed E-state index contributed by atoms with van der Waals surface area (Å²) in [5, 5.41) is 0. The van der Waals surface area contributed by atoms with Gasteiger partial charge in [0.05, 0.1) is 0 Å². The van der Waals surface area contributed by atoms with Crippen molar-refractivity contribution >= 4 is 34.2 Å². The highest BCUT2D eigenvalue weighted by Gasteiger charge is 2.59. The van der Waals surface area contributed by atoms with Crippen LogP contribution >= 0.6 is 0 Å². The predicted molar refractivity (Wildman–Crippen MR) is 161 cm³/mol. The second-order valence-corrected chi connectivity index (χ2v) is 24.1. The lowest BCUT2D eigenvalue weighted by Crippen LogP contribution is -2.51. The number of likely N-dealkylation sites (tertiary alicyclic amines) is 1. The van der Waals surface area contributed by atoms with Gasteiger partial charge in [0.2, 0.25) is 0 Å². The molecule has 1 aliphatic heterocycles. The summed E-state index contributed by atoms with van der Waals surface area (Å²) in [7, 11) is -3.19. The molecule has 0 N–H and O–H groups in total. The van der Waals surface area contributed by atoms with E-state index in [9.17, 15) is 14.4 Å². The van der Waals surface area contributed by atoms with Gasteiger partial charge in [-0.25, -0.2) is 9.59 Å². The van der Waals surface area contributed by atoms with Gasteiger partial charge in [0.15, 0.2) is 6.23 Å². The van der Waals surface area contributed by atoms with Gasteiger partial charge in [-0.05, 0) is 60.8 Å². The normalized spacial score (nSPS) is 19.3. The Morgan fingerprint density at radius 2 is 1.26 bits per heavy atom. The third kappa shape index (κ3) is 12.7. The summed E-state index contributed by atoms with van der Waals surface area (Å²) in [5.41, 5.74) is 4.48. The van der Waals surface area contributed by atoms with Gasteiger partial charge in [0, 0.05) is 25.2 Å². The van der Waals surface area contributed by atoms with Gasteiger partial charge < -0.3 is 14.2 Å². The molecule has 1 heterocycles. The van der Waals surface area contributed by atoms with E-state index in [-0.39, 0.29) is 6.42 Å². The lowest BCUT2D eigenvalue weighted by atomic mass is 9.75.